The molecular formula is C11H18N2OS. The molecule has 0 bridgehead atoms. The van der Waals surface area contributed by atoms with Gasteiger partial charge in [0, 0.05) is 26.2 Å². The molecule has 1 aromatic carbocycles. The number of benzene rings is 1. The van der Waals surface area contributed by atoms with Gasteiger partial charge < -0.3 is 10.8 Å². The molecule has 0 unspecified atom stereocenters. The van der Waals surface area contributed by atoms with Crippen molar-refractivity contribution in [1.29, 1.82) is 0 Å². The first kappa shape index (κ1) is 12.5. The fourth-order valence-electron chi connectivity index (χ4n) is 1.91. The van der Waals surface area contributed by atoms with E-state index >= 15 is 0 Å². The fraction of sp³-hybridized carbons (Fsp3) is 0.455. The number of rotatable bonds is 3. The third kappa shape index (κ3) is 2.95. The maximum atomic E-state index is 9.43. The maximum absolute atomic E-state index is 9.43. The largest absolute Gasteiger partial charge is 0.390 e. The highest BCUT2D eigenvalue weighted by Crippen LogP contribution is 2.21. The van der Waals surface area contributed by atoms with E-state index in [-0.39, 0.29) is 13.5 Å². The van der Waals surface area contributed by atoms with E-state index in [4.69, 9.17) is 5.73 Å². The molecule has 1 aliphatic heterocycles. The van der Waals surface area contributed by atoms with Crippen LogP contribution in [0.3, 0.4) is 0 Å². The van der Waals surface area contributed by atoms with Crippen LogP contribution in [0.4, 0.5) is 0 Å². The highest BCUT2D eigenvalue weighted by Gasteiger charge is 2.19. The second-order valence-electron chi connectivity index (χ2n) is 3.83. The zero-order valence-electron chi connectivity index (χ0n) is 8.69. The van der Waals surface area contributed by atoms with Crippen LogP contribution in [0.25, 0.3) is 0 Å². The number of aliphatic hydroxyl groups excluding tert-OH is 1. The molecule has 3 N–H and O–H groups in total. The average molecular weight is 226 g/mol. The topological polar surface area (TPSA) is 49.5 Å². The van der Waals surface area contributed by atoms with Crippen LogP contribution in [0.5, 0.6) is 0 Å². The number of β-amino-alcohol motifs (C(OH)–C–C–N with tert-alkyl or cyclic N) is 1. The molecular weight excluding hydrogens is 208 g/mol. The van der Waals surface area contributed by atoms with Crippen LogP contribution >= 0.6 is 13.5 Å². The van der Waals surface area contributed by atoms with Gasteiger partial charge in [-0.2, -0.15) is 13.5 Å². The molecule has 1 atom stereocenters. The summed E-state index contributed by atoms with van der Waals surface area (Å²) in [6.45, 7) is 2.89. The SMILES string of the molecule is NC[C@H](O)CN1Cc2ccccc2C1.S. The van der Waals surface area contributed by atoms with Crippen LogP contribution in [0, 0.1) is 0 Å². The minimum Gasteiger partial charge on any atom is -0.390 e. The molecule has 2 rings (SSSR count). The predicted octanol–water partition coefficient (Wildman–Crippen LogP) is 0.435. The summed E-state index contributed by atoms with van der Waals surface area (Å²) in [5.74, 6) is 0. The van der Waals surface area contributed by atoms with Gasteiger partial charge in [0.05, 0.1) is 6.10 Å². The lowest BCUT2D eigenvalue weighted by atomic mass is 10.1. The number of fused-ring (bicyclic) bond motifs is 1. The molecule has 0 saturated heterocycles. The molecule has 0 saturated carbocycles. The van der Waals surface area contributed by atoms with Gasteiger partial charge in [-0.25, -0.2) is 0 Å². The van der Waals surface area contributed by atoms with E-state index in [1.165, 1.54) is 11.1 Å². The average Bonchev–Trinajstić information content (AvgIpc) is 2.59. The van der Waals surface area contributed by atoms with Gasteiger partial charge in [-0.05, 0) is 11.1 Å². The molecule has 15 heavy (non-hydrogen) atoms. The van der Waals surface area contributed by atoms with Crippen molar-refractivity contribution in [3.63, 3.8) is 0 Å². The van der Waals surface area contributed by atoms with E-state index in [0.717, 1.165) is 13.1 Å². The van der Waals surface area contributed by atoms with Crippen molar-refractivity contribution in [1.82, 2.24) is 4.90 Å². The van der Waals surface area contributed by atoms with E-state index in [2.05, 4.69) is 29.2 Å². The third-order valence-corrected chi connectivity index (χ3v) is 2.65. The highest BCUT2D eigenvalue weighted by atomic mass is 32.1. The molecule has 0 spiro atoms. The van der Waals surface area contributed by atoms with Gasteiger partial charge in [-0.1, -0.05) is 24.3 Å². The molecule has 0 amide bonds. The second-order valence-corrected chi connectivity index (χ2v) is 3.83. The van der Waals surface area contributed by atoms with Crippen LogP contribution < -0.4 is 5.73 Å². The first-order chi connectivity index (χ1) is 6.79. The highest BCUT2D eigenvalue weighted by molar-refractivity contribution is 7.59. The van der Waals surface area contributed by atoms with Gasteiger partial charge in [0.15, 0.2) is 0 Å². The van der Waals surface area contributed by atoms with Gasteiger partial charge in [-0.15, -0.1) is 0 Å². The van der Waals surface area contributed by atoms with Crippen LogP contribution in [-0.4, -0.2) is 29.2 Å². The lowest BCUT2D eigenvalue weighted by Gasteiger charge is -2.17. The van der Waals surface area contributed by atoms with Gasteiger partial charge in [0.25, 0.3) is 0 Å². The molecule has 0 radical (unpaired) electrons. The Morgan fingerprint density at radius 2 is 1.80 bits per heavy atom. The van der Waals surface area contributed by atoms with Crippen LogP contribution in [0.1, 0.15) is 11.1 Å². The van der Waals surface area contributed by atoms with E-state index in [0.29, 0.717) is 13.1 Å². The van der Waals surface area contributed by atoms with E-state index in [9.17, 15) is 5.11 Å². The predicted molar refractivity (Wildman–Crippen MR) is 66.0 cm³/mol. The summed E-state index contributed by atoms with van der Waals surface area (Å²) in [6, 6.07) is 8.40. The number of hydrogen-bond acceptors (Lipinski definition) is 3. The van der Waals surface area contributed by atoms with Gasteiger partial charge >= 0.3 is 0 Å². The minimum atomic E-state index is -0.399. The Morgan fingerprint density at radius 3 is 2.27 bits per heavy atom. The van der Waals surface area contributed by atoms with Gasteiger partial charge in [0.1, 0.15) is 0 Å². The minimum absolute atomic E-state index is 0. The zero-order valence-corrected chi connectivity index (χ0v) is 9.69. The Hall–Kier alpha value is -0.550. The molecule has 1 heterocycles. The maximum Gasteiger partial charge on any atom is 0.0789 e. The van der Waals surface area contributed by atoms with E-state index in [1.807, 2.05) is 0 Å². The van der Waals surface area contributed by atoms with Crippen molar-refractivity contribution in [2.75, 3.05) is 13.1 Å². The summed E-state index contributed by atoms with van der Waals surface area (Å²) in [7, 11) is 0. The standard InChI is InChI=1S/C11H16N2O.H2S/c12-5-11(14)8-13-6-9-3-1-2-4-10(9)7-13;/h1-4,11,14H,5-8,12H2;1H2/t11-;/m0./s1. The summed E-state index contributed by atoms with van der Waals surface area (Å²) >= 11 is 0. The number of nitrogens with two attached hydrogens (primary N) is 1. The lowest BCUT2D eigenvalue weighted by Crippen LogP contribution is -2.33. The summed E-state index contributed by atoms with van der Waals surface area (Å²) in [5.41, 5.74) is 8.12. The van der Waals surface area contributed by atoms with Gasteiger partial charge in [0.2, 0.25) is 0 Å². The summed E-state index contributed by atoms with van der Waals surface area (Å²) in [5, 5.41) is 9.43. The van der Waals surface area contributed by atoms with Crippen LogP contribution in [0.15, 0.2) is 24.3 Å². The Balaban J connectivity index is 0.00000112. The first-order valence-corrected chi connectivity index (χ1v) is 4.97. The third-order valence-electron chi connectivity index (χ3n) is 2.65. The summed E-state index contributed by atoms with van der Waals surface area (Å²) in [6.07, 6.45) is -0.399. The number of hydrogen-bond donors (Lipinski definition) is 2. The Bertz CT molecular complexity index is 294. The van der Waals surface area contributed by atoms with Crippen molar-refractivity contribution >= 4 is 13.5 Å². The molecule has 0 fully saturated rings. The number of nitrogens with zero attached hydrogens (tertiary/aromatic N) is 1. The van der Waals surface area contributed by atoms with Crippen molar-refractivity contribution in [3.8, 4) is 0 Å². The Kier molecular flexibility index (Phi) is 4.60. The number of aliphatic hydroxyl groups is 1. The Labute approximate surface area is 97.3 Å². The quantitative estimate of drug-likeness (QED) is 0.786. The molecule has 0 aromatic heterocycles. The molecule has 0 aliphatic carbocycles. The fourth-order valence-corrected chi connectivity index (χ4v) is 1.91. The van der Waals surface area contributed by atoms with E-state index in [1.54, 1.807) is 0 Å². The van der Waals surface area contributed by atoms with Crippen LogP contribution in [0.2, 0.25) is 0 Å². The van der Waals surface area contributed by atoms with Crippen molar-refractivity contribution < 1.29 is 5.11 Å². The van der Waals surface area contributed by atoms with Crippen molar-refractivity contribution in [2.45, 2.75) is 19.2 Å². The molecule has 1 aromatic rings. The first-order valence-electron chi connectivity index (χ1n) is 4.97. The Morgan fingerprint density at radius 1 is 1.27 bits per heavy atom. The monoisotopic (exact) mass is 226 g/mol. The van der Waals surface area contributed by atoms with Crippen molar-refractivity contribution in [2.24, 2.45) is 5.73 Å². The normalized spacial score (nSPS) is 16.9. The lowest BCUT2D eigenvalue weighted by molar-refractivity contribution is 0.118. The zero-order chi connectivity index (χ0) is 9.97. The molecule has 3 nitrogen and oxygen atoms in total. The van der Waals surface area contributed by atoms with Crippen LogP contribution in [-0.2, 0) is 13.1 Å². The molecule has 84 valence electrons. The summed E-state index contributed by atoms with van der Waals surface area (Å²) < 4.78 is 0. The summed E-state index contributed by atoms with van der Waals surface area (Å²) in [4.78, 5) is 2.22. The molecule has 1 aliphatic rings. The van der Waals surface area contributed by atoms with E-state index < -0.39 is 6.10 Å². The molecule has 4 heteroatoms. The van der Waals surface area contributed by atoms with Crippen molar-refractivity contribution in [3.05, 3.63) is 35.4 Å². The van der Waals surface area contributed by atoms with Gasteiger partial charge in [-0.3, -0.25) is 4.90 Å². The smallest absolute Gasteiger partial charge is 0.0789 e. The second kappa shape index (κ2) is 5.51.